The van der Waals surface area contributed by atoms with E-state index in [1.807, 2.05) is 61.5 Å². The lowest BCUT2D eigenvalue weighted by Crippen LogP contribution is -2.59. The summed E-state index contributed by atoms with van der Waals surface area (Å²) in [5.41, 5.74) is 9.94. The van der Waals surface area contributed by atoms with Crippen molar-refractivity contribution in [3.8, 4) is 10.8 Å². The molecule has 0 bridgehead atoms. The number of phenolic OH excluding ortho intramolecular Hbond substituents is 1. The Hall–Kier alpha value is -5.78. The molecular formula is C52H60N8O2S. The van der Waals surface area contributed by atoms with Crippen LogP contribution >= 0.6 is 11.3 Å². The van der Waals surface area contributed by atoms with Gasteiger partial charge in [0.05, 0.1) is 11.6 Å². The summed E-state index contributed by atoms with van der Waals surface area (Å²) >= 11 is 1.80. The maximum Gasteiger partial charge on any atom is 0.229 e. The van der Waals surface area contributed by atoms with Crippen molar-refractivity contribution in [2.75, 3.05) is 68.7 Å². The number of piperazine rings is 1. The number of amides is 1. The van der Waals surface area contributed by atoms with Gasteiger partial charge in [-0.1, -0.05) is 72.8 Å². The number of benzene rings is 4. The van der Waals surface area contributed by atoms with Crippen molar-refractivity contribution < 1.29 is 9.90 Å². The minimum absolute atomic E-state index is 0.0745. The molecule has 3 fully saturated rings. The number of nitrogens with zero attached hydrogens (tertiary/aromatic N) is 8. The Balaban J connectivity index is 0.000000245. The first-order valence-corrected chi connectivity index (χ1v) is 23.6. The molecule has 10 nitrogen and oxygen atoms in total. The van der Waals surface area contributed by atoms with Gasteiger partial charge in [-0.2, -0.15) is 0 Å². The third-order valence-electron chi connectivity index (χ3n) is 13.4. The molecule has 63 heavy (non-hydrogen) atoms. The first-order chi connectivity index (χ1) is 30.7. The largest absolute Gasteiger partial charge is 0.508 e. The topological polar surface area (TPSA) is 93.3 Å². The van der Waals surface area contributed by atoms with E-state index in [9.17, 15) is 9.90 Å². The standard InChI is InChI=1S/C36H42N8OS.C10H12O.C6H6/c1-23-25(3)46-36-32(23)33(37-24(2)34-39-38-26(4)44(34)36)28-10-12-31(13-11-28)42-19-27(20-42)18-40-14-16-41(17-15-40)35(45)29-21-43(22-29)30-8-6-5-7-9-30;11-10-6-5-8-3-1-2-4-9(8)7-10;1-2-4-6-5-3-1/h5-13,24,27,29H,14-22H2,1-4H3;5-7,11H,1-4H2;1-6H/t24-;;/m0../s1. The second-order valence-electron chi connectivity index (χ2n) is 17.8. The van der Waals surface area contributed by atoms with Crippen molar-refractivity contribution in [1.82, 2.24) is 24.6 Å². The SMILES string of the molecule is Cc1sc2c(c1C)C(c1ccc(N3CC(CN4CCN(C(=O)C5CN(c6ccccc6)C5)CC4)C3)cc1)=N[C@@H](C)c1nnc(C)n1-2.Oc1ccc2c(c1)CCCC2.c1ccccc1. The average Bonchev–Trinajstić information content (AvgIpc) is 3.78. The van der Waals surface area contributed by atoms with E-state index in [0.29, 0.717) is 17.6 Å². The average molecular weight is 861 g/mol. The van der Waals surface area contributed by atoms with Gasteiger partial charge in [-0.3, -0.25) is 19.3 Å². The Morgan fingerprint density at radius 3 is 2.03 bits per heavy atom. The summed E-state index contributed by atoms with van der Waals surface area (Å²) in [5, 5.41) is 19.2. The van der Waals surface area contributed by atoms with Crippen molar-refractivity contribution in [3.05, 3.63) is 154 Å². The van der Waals surface area contributed by atoms with Crippen LogP contribution in [0.2, 0.25) is 0 Å². The molecule has 6 heterocycles. The summed E-state index contributed by atoms with van der Waals surface area (Å²) in [4.78, 5) is 29.1. The molecule has 0 radical (unpaired) electrons. The number of anilines is 2. The molecule has 6 aromatic rings. The molecule has 0 unspecified atom stereocenters. The van der Waals surface area contributed by atoms with Gasteiger partial charge in [0.2, 0.25) is 5.91 Å². The molecule has 5 aliphatic rings. The van der Waals surface area contributed by atoms with Gasteiger partial charge in [0.25, 0.3) is 0 Å². The second kappa shape index (κ2) is 18.9. The van der Waals surface area contributed by atoms with Gasteiger partial charge in [-0.05, 0) is 106 Å². The van der Waals surface area contributed by atoms with Gasteiger partial charge >= 0.3 is 0 Å². The van der Waals surface area contributed by atoms with Crippen LogP contribution in [0.15, 0.2) is 114 Å². The number of rotatable bonds is 6. The summed E-state index contributed by atoms with van der Waals surface area (Å²) < 4.78 is 2.20. The van der Waals surface area contributed by atoms with Crippen LogP contribution in [0.5, 0.6) is 5.75 Å². The van der Waals surface area contributed by atoms with Crippen molar-refractivity contribution in [2.45, 2.75) is 59.4 Å². The molecule has 0 spiro atoms. The normalized spacial score (nSPS) is 18.5. The van der Waals surface area contributed by atoms with Crippen molar-refractivity contribution in [1.29, 1.82) is 0 Å². The summed E-state index contributed by atoms with van der Waals surface area (Å²) in [6, 6.07) is 37.1. The van der Waals surface area contributed by atoms with Crippen LogP contribution in [-0.4, -0.2) is 100 Å². The lowest BCUT2D eigenvalue weighted by Gasteiger charge is -2.46. The lowest BCUT2D eigenvalue weighted by atomic mass is 9.92. The molecule has 1 amide bonds. The quantitative estimate of drug-likeness (QED) is 0.179. The van der Waals surface area contributed by atoms with E-state index in [1.165, 1.54) is 62.8 Å². The van der Waals surface area contributed by atoms with E-state index in [2.05, 4.69) is 104 Å². The van der Waals surface area contributed by atoms with Crippen molar-refractivity contribution in [3.63, 3.8) is 0 Å². The number of hydrogen-bond donors (Lipinski definition) is 1. The van der Waals surface area contributed by atoms with Crippen LogP contribution in [-0.2, 0) is 17.6 Å². The van der Waals surface area contributed by atoms with Crippen LogP contribution in [0.1, 0.15) is 70.2 Å². The highest BCUT2D eigenvalue weighted by Gasteiger charge is 2.37. The van der Waals surface area contributed by atoms with Crippen LogP contribution < -0.4 is 9.80 Å². The van der Waals surface area contributed by atoms with E-state index in [4.69, 9.17) is 4.99 Å². The van der Waals surface area contributed by atoms with Gasteiger partial charge in [0.15, 0.2) is 5.82 Å². The molecule has 1 N–H and O–H groups in total. The van der Waals surface area contributed by atoms with E-state index in [0.717, 1.165) is 88.2 Å². The Morgan fingerprint density at radius 2 is 1.35 bits per heavy atom. The molecule has 1 aliphatic carbocycles. The van der Waals surface area contributed by atoms with Gasteiger partial charge in [0, 0.05) is 92.2 Å². The number of phenols is 1. The number of aryl methyl sites for hydroxylation is 4. The highest BCUT2D eigenvalue weighted by Crippen LogP contribution is 2.39. The molecule has 2 aromatic heterocycles. The van der Waals surface area contributed by atoms with Gasteiger partial charge in [-0.15, -0.1) is 21.5 Å². The molecule has 11 heteroatoms. The number of para-hydroxylation sites is 1. The maximum atomic E-state index is 13.1. The number of carbonyl (C=O) groups is 1. The second-order valence-corrected chi connectivity index (χ2v) is 19.0. The third-order valence-corrected chi connectivity index (χ3v) is 14.6. The molecule has 326 valence electrons. The van der Waals surface area contributed by atoms with E-state index in [1.54, 1.807) is 17.4 Å². The Bertz CT molecular complexity index is 2490. The first-order valence-electron chi connectivity index (χ1n) is 22.8. The summed E-state index contributed by atoms with van der Waals surface area (Å²) in [7, 11) is 0. The number of hydrogen-bond acceptors (Lipinski definition) is 9. The summed E-state index contributed by atoms with van der Waals surface area (Å²) in [5.74, 6) is 3.36. The molecular weight excluding hydrogens is 801 g/mol. The Morgan fingerprint density at radius 1 is 0.730 bits per heavy atom. The van der Waals surface area contributed by atoms with Gasteiger partial charge < -0.3 is 19.8 Å². The lowest BCUT2D eigenvalue weighted by molar-refractivity contribution is -0.138. The summed E-state index contributed by atoms with van der Waals surface area (Å²) in [6.45, 7) is 17.1. The third kappa shape index (κ3) is 9.31. The number of thiophene rings is 1. The summed E-state index contributed by atoms with van der Waals surface area (Å²) in [6.07, 6.45) is 4.91. The van der Waals surface area contributed by atoms with Crippen molar-refractivity contribution >= 4 is 34.3 Å². The van der Waals surface area contributed by atoms with Crippen LogP contribution in [0.4, 0.5) is 11.4 Å². The number of aromatic nitrogens is 3. The molecule has 3 saturated heterocycles. The minimum atomic E-state index is -0.0745. The zero-order valence-electron chi connectivity index (χ0n) is 37.2. The predicted molar refractivity (Wildman–Crippen MR) is 256 cm³/mol. The van der Waals surface area contributed by atoms with E-state index >= 15 is 0 Å². The Kier molecular flexibility index (Phi) is 12.8. The fourth-order valence-electron chi connectivity index (χ4n) is 9.57. The number of aliphatic imine (C=N–C) groups is 1. The molecule has 11 rings (SSSR count). The predicted octanol–water partition coefficient (Wildman–Crippen LogP) is 8.84. The van der Waals surface area contributed by atoms with Crippen molar-refractivity contribution in [2.24, 2.45) is 16.8 Å². The fraction of sp³-hybridized carbons (Fsp3) is 0.385. The highest BCUT2D eigenvalue weighted by molar-refractivity contribution is 7.15. The highest BCUT2D eigenvalue weighted by atomic mass is 32.1. The first kappa shape index (κ1) is 42.5. The van der Waals surface area contributed by atoms with Gasteiger partial charge in [-0.25, -0.2) is 0 Å². The maximum absolute atomic E-state index is 13.1. The van der Waals surface area contributed by atoms with Crippen LogP contribution in [0.25, 0.3) is 5.00 Å². The molecule has 4 aromatic carbocycles. The van der Waals surface area contributed by atoms with Crippen LogP contribution in [0.3, 0.4) is 0 Å². The minimum Gasteiger partial charge on any atom is -0.508 e. The number of fused-ring (bicyclic) bond motifs is 4. The molecule has 4 aliphatic heterocycles. The fourth-order valence-corrected chi connectivity index (χ4v) is 10.8. The molecule has 1 atom stereocenters. The smallest absolute Gasteiger partial charge is 0.229 e. The number of aromatic hydroxyl groups is 1. The zero-order chi connectivity index (χ0) is 43.5. The Labute approximate surface area is 376 Å². The van der Waals surface area contributed by atoms with E-state index < -0.39 is 0 Å². The van der Waals surface area contributed by atoms with E-state index in [-0.39, 0.29) is 12.0 Å². The number of carbonyl (C=O) groups excluding carboxylic acids is 1. The molecule has 0 saturated carbocycles. The zero-order valence-corrected chi connectivity index (χ0v) is 38.0. The monoisotopic (exact) mass is 860 g/mol. The van der Waals surface area contributed by atoms with Gasteiger partial charge in [0.1, 0.15) is 22.6 Å². The van der Waals surface area contributed by atoms with Crippen LogP contribution in [0, 0.1) is 32.6 Å².